The molecule has 0 N–H and O–H groups in total. The molecule has 0 saturated carbocycles. The minimum atomic E-state index is -0.0350. The average Bonchev–Trinajstić information content (AvgIpc) is 3.14. The van der Waals surface area contributed by atoms with E-state index in [-0.39, 0.29) is 5.41 Å². The highest BCUT2D eigenvalue weighted by Gasteiger charge is 2.37. The number of para-hydroxylation sites is 1. The van der Waals surface area contributed by atoms with E-state index in [0.29, 0.717) is 0 Å². The van der Waals surface area contributed by atoms with Gasteiger partial charge >= 0.3 is 0 Å². The molecule has 2 aromatic carbocycles. The summed E-state index contributed by atoms with van der Waals surface area (Å²) in [7, 11) is 2.13. The van der Waals surface area contributed by atoms with Crippen molar-refractivity contribution in [2.75, 3.05) is 11.9 Å². The average molecular weight is 412 g/mol. The molecular formula is C26H29N5. The Bertz CT molecular complexity index is 1150. The topological polar surface area (TPSA) is 46.3 Å². The van der Waals surface area contributed by atoms with Crippen LogP contribution in [0.25, 0.3) is 11.4 Å². The number of nitrogens with zero attached hydrogens (tertiary/aromatic N) is 5. The fourth-order valence-electron chi connectivity index (χ4n) is 4.89. The number of allylic oxidation sites excluding steroid dienone is 2. The Morgan fingerprint density at radius 1 is 0.968 bits per heavy atom. The van der Waals surface area contributed by atoms with Crippen molar-refractivity contribution in [1.82, 2.24) is 14.8 Å². The van der Waals surface area contributed by atoms with E-state index >= 15 is 0 Å². The van der Waals surface area contributed by atoms with Gasteiger partial charge in [-0.3, -0.25) is 4.99 Å². The van der Waals surface area contributed by atoms with Crippen molar-refractivity contribution < 1.29 is 0 Å². The van der Waals surface area contributed by atoms with Crippen LogP contribution >= 0.6 is 0 Å². The Labute approximate surface area is 184 Å². The Kier molecular flexibility index (Phi) is 4.97. The number of rotatable bonds is 3. The minimum Gasteiger partial charge on any atom is -0.347 e. The summed E-state index contributed by atoms with van der Waals surface area (Å²) in [5, 5.41) is 8.88. The highest BCUT2D eigenvalue weighted by molar-refractivity contribution is 5.81. The molecular weight excluding hydrogens is 382 g/mol. The first kappa shape index (κ1) is 19.7. The zero-order valence-corrected chi connectivity index (χ0v) is 18.5. The number of hydrogen-bond acceptors (Lipinski definition) is 4. The molecule has 0 radical (unpaired) electrons. The summed E-state index contributed by atoms with van der Waals surface area (Å²) in [4.78, 5) is 6.95. The lowest BCUT2D eigenvalue weighted by molar-refractivity contribution is 0.636. The number of aliphatic imine (C=N–C) groups is 1. The molecule has 3 aromatic rings. The van der Waals surface area contributed by atoms with Gasteiger partial charge in [-0.1, -0.05) is 38.5 Å². The molecule has 3 heterocycles. The lowest BCUT2D eigenvalue weighted by Crippen LogP contribution is -2.22. The summed E-state index contributed by atoms with van der Waals surface area (Å²) in [5.74, 6) is 2.09. The molecule has 0 atom stereocenters. The van der Waals surface area contributed by atoms with E-state index < -0.39 is 0 Å². The van der Waals surface area contributed by atoms with Gasteiger partial charge in [-0.2, -0.15) is 0 Å². The van der Waals surface area contributed by atoms with Crippen LogP contribution in [0.3, 0.4) is 0 Å². The van der Waals surface area contributed by atoms with E-state index in [1.165, 1.54) is 36.2 Å². The van der Waals surface area contributed by atoms with Gasteiger partial charge in [0.15, 0.2) is 5.82 Å². The molecule has 0 spiro atoms. The van der Waals surface area contributed by atoms with Crippen molar-refractivity contribution in [3.8, 4) is 11.4 Å². The smallest absolute Gasteiger partial charge is 0.163 e. The molecule has 0 aliphatic carbocycles. The number of hydrogen-bond donors (Lipinski definition) is 0. The van der Waals surface area contributed by atoms with Gasteiger partial charge in [0.05, 0.1) is 5.69 Å². The third kappa shape index (κ3) is 3.48. The first-order chi connectivity index (χ1) is 15.1. The summed E-state index contributed by atoms with van der Waals surface area (Å²) in [5.41, 5.74) is 5.88. The zero-order chi connectivity index (χ0) is 21.4. The SMILES string of the molecule is CN1/C(=C\C=Nc2ccc(-c3nnc4n3CCCCC4)cc2)C(C)(C)c2ccccc21. The number of fused-ring (bicyclic) bond motifs is 2. The molecule has 0 saturated heterocycles. The maximum atomic E-state index is 4.69. The molecule has 5 rings (SSSR count). The van der Waals surface area contributed by atoms with Crippen molar-refractivity contribution in [1.29, 1.82) is 0 Å². The molecule has 0 bridgehead atoms. The first-order valence-electron chi connectivity index (χ1n) is 11.2. The number of anilines is 1. The summed E-state index contributed by atoms with van der Waals surface area (Å²) in [6, 6.07) is 16.9. The fraction of sp³-hybridized carbons (Fsp3) is 0.346. The number of benzene rings is 2. The zero-order valence-electron chi connectivity index (χ0n) is 18.5. The fourth-order valence-corrected chi connectivity index (χ4v) is 4.89. The molecule has 2 aliphatic heterocycles. The van der Waals surface area contributed by atoms with Gasteiger partial charge < -0.3 is 9.47 Å². The molecule has 0 unspecified atom stereocenters. The summed E-state index contributed by atoms with van der Waals surface area (Å²) < 4.78 is 2.28. The molecule has 0 amide bonds. The lowest BCUT2D eigenvalue weighted by atomic mass is 9.84. The molecule has 2 aliphatic rings. The highest BCUT2D eigenvalue weighted by Crippen LogP contribution is 2.46. The Balaban J connectivity index is 1.36. The van der Waals surface area contributed by atoms with Crippen LogP contribution in [0.1, 0.15) is 44.5 Å². The van der Waals surface area contributed by atoms with Crippen molar-refractivity contribution in [3.63, 3.8) is 0 Å². The standard InChI is InChI=1S/C26H29N5/c1-26(2)21-9-6-7-10-22(21)30(3)23(26)16-17-27-20-14-12-19(13-15-20)25-29-28-24-11-5-4-8-18-31(24)25/h6-7,9-10,12-17H,4-5,8,11,18H2,1-3H3/b23-16-,27-17?. The van der Waals surface area contributed by atoms with E-state index in [2.05, 4.69) is 100 Å². The normalized spacial score (nSPS) is 18.9. The maximum Gasteiger partial charge on any atom is 0.163 e. The number of aromatic nitrogens is 3. The molecule has 5 heteroatoms. The van der Waals surface area contributed by atoms with E-state index in [1.807, 2.05) is 6.21 Å². The number of aryl methyl sites for hydroxylation is 1. The summed E-state index contributed by atoms with van der Waals surface area (Å²) in [6.45, 7) is 5.55. The largest absolute Gasteiger partial charge is 0.347 e. The second-order valence-corrected chi connectivity index (χ2v) is 8.98. The van der Waals surface area contributed by atoms with Gasteiger partial charge in [-0.15, -0.1) is 10.2 Å². The second kappa shape index (κ2) is 7.80. The monoisotopic (exact) mass is 411 g/mol. The predicted octanol–water partition coefficient (Wildman–Crippen LogP) is 5.69. The van der Waals surface area contributed by atoms with E-state index in [0.717, 1.165) is 35.9 Å². The van der Waals surface area contributed by atoms with Gasteiger partial charge in [0.1, 0.15) is 5.82 Å². The van der Waals surface area contributed by atoms with E-state index in [4.69, 9.17) is 0 Å². The van der Waals surface area contributed by atoms with Crippen LogP contribution in [0.15, 0.2) is 65.3 Å². The Morgan fingerprint density at radius 2 is 1.77 bits per heavy atom. The summed E-state index contributed by atoms with van der Waals surface area (Å²) in [6.07, 6.45) is 8.74. The number of likely N-dealkylation sites (N-methyl/N-ethyl adjacent to an activating group) is 1. The molecule has 158 valence electrons. The Hall–Kier alpha value is -3.21. The van der Waals surface area contributed by atoms with Crippen LogP contribution in [-0.2, 0) is 18.4 Å². The van der Waals surface area contributed by atoms with Crippen molar-refractivity contribution in [2.45, 2.75) is 51.5 Å². The van der Waals surface area contributed by atoms with Crippen molar-refractivity contribution in [2.24, 2.45) is 4.99 Å². The van der Waals surface area contributed by atoms with Crippen LogP contribution in [0.2, 0.25) is 0 Å². The predicted molar refractivity (Wildman–Crippen MR) is 127 cm³/mol. The summed E-state index contributed by atoms with van der Waals surface area (Å²) >= 11 is 0. The van der Waals surface area contributed by atoms with Crippen LogP contribution in [0.4, 0.5) is 11.4 Å². The highest BCUT2D eigenvalue weighted by atomic mass is 15.3. The van der Waals surface area contributed by atoms with Gasteiger partial charge in [0, 0.05) is 48.6 Å². The third-order valence-corrected chi connectivity index (χ3v) is 6.63. The minimum absolute atomic E-state index is 0.0350. The Morgan fingerprint density at radius 3 is 2.58 bits per heavy atom. The van der Waals surface area contributed by atoms with Crippen LogP contribution in [0.5, 0.6) is 0 Å². The van der Waals surface area contributed by atoms with Gasteiger partial charge in [0.2, 0.25) is 0 Å². The van der Waals surface area contributed by atoms with Crippen molar-refractivity contribution >= 4 is 17.6 Å². The third-order valence-electron chi connectivity index (χ3n) is 6.63. The molecule has 1 aromatic heterocycles. The van der Waals surface area contributed by atoms with Gasteiger partial charge in [-0.25, -0.2) is 0 Å². The molecule has 5 nitrogen and oxygen atoms in total. The van der Waals surface area contributed by atoms with Crippen LogP contribution in [0, 0.1) is 0 Å². The van der Waals surface area contributed by atoms with Gasteiger partial charge in [-0.05, 0) is 54.8 Å². The van der Waals surface area contributed by atoms with E-state index in [9.17, 15) is 0 Å². The first-order valence-corrected chi connectivity index (χ1v) is 11.2. The van der Waals surface area contributed by atoms with Crippen LogP contribution in [-0.4, -0.2) is 28.0 Å². The molecule has 31 heavy (non-hydrogen) atoms. The quantitative estimate of drug-likeness (QED) is 0.521. The maximum absolute atomic E-state index is 4.69. The lowest BCUT2D eigenvalue weighted by Gasteiger charge is -2.23. The molecule has 0 fully saturated rings. The van der Waals surface area contributed by atoms with Gasteiger partial charge in [0.25, 0.3) is 0 Å². The van der Waals surface area contributed by atoms with Crippen molar-refractivity contribution in [3.05, 3.63) is 71.7 Å². The van der Waals surface area contributed by atoms with Crippen LogP contribution < -0.4 is 4.90 Å². The second-order valence-electron chi connectivity index (χ2n) is 8.98. The van der Waals surface area contributed by atoms with E-state index in [1.54, 1.807) is 0 Å².